The van der Waals surface area contributed by atoms with Gasteiger partial charge in [-0.2, -0.15) is 0 Å². The van der Waals surface area contributed by atoms with Crippen molar-refractivity contribution in [1.82, 2.24) is 0 Å². The summed E-state index contributed by atoms with van der Waals surface area (Å²) < 4.78 is 6.03. The Labute approximate surface area is 176 Å². The van der Waals surface area contributed by atoms with E-state index in [0.717, 1.165) is 40.3 Å². The van der Waals surface area contributed by atoms with E-state index >= 15 is 0 Å². The maximum Gasteiger partial charge on any atom is 0.236 e. The molecule has 0 fully saturated rings. The summed E-state index contributed by atoms with van der Waals surface area (Å²) in [6.07, 6.45) is 0.762. The van der Waals surface area contributed by atoms with Crippen molar-refractivity contribution in [3.63, 3.8) is 0 Å². The maximum atomic E-state index is 13.5. The number of fused-ring (bicyclic) bond motifs is 2. The van der Waals surface area contributed by atoms with Crippen molar-refractivity contribution >= 4 is 11.6 Å². The second-order valence-corrected chi connectivity index (χ2v) is 7.42. The van der Waals surface area contributed by atoms with Gasteiger partial charge in [0.15, 0.2) is 0 Å². The Hall–Kier alpha value is -3.85. The van der Waals surface area contributed by atoms with Crippen LogP contribution in [0, 0.1) is 0 Å². The number of amides is 1. The number of hydrogen-bond donors (Lipinski definition) is 1. The highest BCUT2D eigenvalue weighted by molar-refractivity contribution is 6.00. The lowest BCUT2D eigenvalue weighted by Crippen LogP contribution is -2.25. The van der Waals surface area contributed by atoms with Gasteiger partial charge < -0.3 is 10.1 Å². The van der Waals surface area contributed by atoms with Crippen LogP contribution in [0.15, 0.2) is 103 Å². The fourth-order valence-corrected chi connectivity index (χ4v) is 4.01. The van der Waals surface area contributed by atoms with Crippen molar-refractivity contribution in [2.45, 2.75) is 12.3 Å². The minimum atomic E-state index is -0.420. The predicted octanol–water partition coefficient (Wildman–Crippen LogP) is 6.15. The summed E-state index contributed by atoms with van der Waals surface area (Å²) >= 11 is 0. The second kappa shape index (κ2) is 7.88. The highest BCUT2D eigenvalue weighted by Gasteiger charge is 2.32. The molecule has 1 N–H and O–H groups in total. The molecule has 5 rings (SSSR count). The molecule has 0 aromatic heterocycles. The number of benzene rings is 4. The van der Waals surface area contributed by atoms with Crippen molar-refractivity contribution in [2.24, 2.45) is 0 Å². The van der Waals surface area contributed by atoms with Gasteiger partial charge in [-0.3, -0.25) is 4.79 Å². The number of carbonyl (C=O) groups excluding carboxylic acids is 1. The molecule has 4 aromatic carbocycles. The third-order valence-corrected chi connectivity index (χ3v) is 5.45. The smallest absolute Gasteiger partial charge is 0.236 e. The highest BCUT2D eigenvalue weighted by atomic mass is 16.5. The zero-order valence-corrected chi connectivity index (χ0v) is 16.4. The molecule has 3 heteroatoms. The topological polar surface area (TPSA) is 38.3 Å². The quantitative estimate of drug-likeness (QED) is 0.453. The third-order valence-electron chi connectivity index (χ3n) is 5.45. The van der Waals surface area contributed by atoms with Gasteiger partial charge in [0.1, 0.15) is 11.5 Å². The van der Waals surface area contributed by atoms with Gasteiger partial charge in [-0.05, 0) is 35.7 Å². The summed E-state index contributed by atoms with van der Waals surface area (Å²) in [6, 6.07) is 33.8. The Morgan fingerprint density at radius 1 is 0.700 bits per heavy atom. The number of ether oxygens (including phenoxy) is 1. The van der Waals surface area contributed by atoms with Crippen molar-refractivity contribution in [1.29, 1.82) is 0 Å². The van der Waals surface area contributed by atoms with Gasteiger partial charge in [-0.1, -0.05) is 84.9 Å². The van der Waals surface area contributed by atoms with Crippen LogP contribution in [0.3, 0.4) is 0 Å². The number of hydrogen-bond acceptors (Lipinski definition) is 2. The van der Waals surface area contributed by atoms with Gasteiger partial charge in [0.25, 0.3) is 0 Å². The van der Waals surface area contributed by atoms with Gasteiger partial charge in [0.05, 0.1) is 5.92 Å². The van der Waals surface area contributed by atoms with Gasteiger partial charge in [0, 0.05) is 16.8 Å². The van der Waals surface area contributed by atoms with Crippen LogP contribution in [0.5, 0.6) is 11.5 Å². The minimum Gasteiger partial charge on any atom is -0.457 e. The normalized spacial score (nSPS) is 12.4. The number of nitrogens with one attached hydrogen (secondary N) is 1. The van der Waals surface area contributed by atoms with Crippen LogP contribution < -0.4 is 10.1 Å². The molecule has 1 heterocycles. The van der Waals surface area contributed by atoms with E-state index < -0.39 is 5.92 Å². The molecule has 4 aromatic rings. The molecule has 30 heavy (non-hydrogen) atoms. The van der Waals surface area contributed by atoms with Gasteiger partial charge in [-0.25, -0.2) is 0 Å². The van der Waals surface area contributed by atoms with E-state index in [2.05, 4.69) is 23.5 Å². The predicted molar refractivity (Wildman–Crippen MR) is 119 cm³/mol. The van der Waals surface area contributed by atoms with Crippen molar-refractivity contribution in [3.05, 3.63) is 125 Å². The first-order valence-corrected chi connectivity index (χ1v) is 10.1. The summed E-state index contributed by atoms with van der Waals surface area (Å²) in [7, 11) is 0. The number of anilines is 1. The molecule has 0 unspecified atom stereocenters. The zero-order chi connectivity index (χ0) is 20.3. The Balaban J connectivity index is 1.49. The molecule has 1 aliphatic heterocycles. The first kappa shape index (κ1) is 18.2. The largest absolute Gasteiger partial charge is 0.457 e. The number of para-hydroxylation sites is 3. The molecular formula is C27H21NO2. The summed E-state index contributed by atoms with van der Waals surface area (Å²) in [5.41, 5.74) is 4.91. The molecule has 0 saturated carbocycles. The van der Waals surface area contributed by atoms with Crippen LogP contribution in [0.2, 0.25) is 0 Å². The van der Waals surface area contributed by atoms with Crippen LogP contribution in [0.25, 0.3) is 0 Å². The lowest BCUT2D eigenvalue weighted by molar-refractivity contribution is -0.116. The Bertz CT molecular complexity index is 1150. The maximum absolute atomic E-state index is 13.5. The lowest BCUT2D eigenvalue weighted by atomic mass is 9.87. The first-order valence-electron chi connectivity index (χ1n) is 10.1. The molecule has 0 saturated heterocycles. The van der Waals surface area contributed by atoms with Crippen molar-refractivity contribution in [2.75, 3.05) is 5.32 Å². The number of rotatable bonds is 4. The monoisotopic (exact) mass is 391 g/mol. The molecular weight excluding hydrogens is 370 g/mol. The van der Waals surface area contributed by atoms with E-state index in [0.29, 0.717) is 0 Å². The molecule has 1 amide bonds. The van der Waals surface area contributed by atoms with Crippen LogP contribution in [-0.4, -0.2) is 5.91 Å². The standard InChI is InChI=1S/C27H21NO2/c29-27(28-23-15-7-4-12-20(23)18-19-10-2-1-3-11-19)26-21-13-5-8-16-24(21)30-25-17-9-6-14-22(25)26/h1-17,26H,18H2,(H,28,29). The van der Waals surface area contributed by atoms with Gasteiger partial charge in [-0.15, -0.1) is 0 Å². The summed E-state index contributed by atoms with van der Waals surface area (Å²) in [5.74, 6) is 0.984. The molecule has 3 nitrogen and oxygen atoms in total. The minimum absolute atomic E-state index is 0.0567. The molecule has 0 aliphatic carbocycles. The van der Waals surface area contributed by atoms with Crippen LogP contribution in [-0.2, 0) is 11.2 Å². The van der Waals surface area contributed by atoms with Crippen LogP contribution >= 0.6 is 0 Å². The fraction of sp³-hybridized carbons (Fsp3) is 0.0741. The van der Waals surface area contributed by atoms with Crippen LogP contribution in [0.1, 0.15) is 28.2 Å². The third kappa shape index (κ3) is 3.46. The zero-order valence-electron chi connectivity index (χ0n) is 16.4. The molecule has 0 bridgehead atoms. The summed E-state index contributed by atoms with van der Waals surface area (Å²) in [6.45, 7) is 0. The van der Waals surface area contributed by atoms with E-state index in [-0.39, 0.29) is 5.91 Å². The first-order chi connectivity index (χ1) is 14.8. The molecule has 0 radical (unpaired) electrons. The van der Waals surface area contributed by atoms with E-state index in [9.17, 15) is 4.79 Å². The van der Waals surface area contributed by atoms with Crippen LogP contribution in [0.4, 0.5) is 5.69 Å². The summed E-state index contributed by atoms with van der Waals surface area (Å²) in [5, 5.41) is 3.19. The molecule has 1 aliphatic rings. The molecule has 0 spiro atoms. The Morgan fingerprint density at radius 3 is 1.97 bits per heavy atom. The average Bonchev–Trinajstić information content (AvgIpc) is 2.79. The van der Waals surface area contributed by atoms with E-state index in [1.807, 2.05) is 84.9 Å². The molecule has 0 atom stereocenters. The van der Waals surface area contributed by atoms with Gasteiger partial charge in [0.2, 0.25) is 5.91 Å². The average molecular weight is 391 g/mol. The summed E-state index contributed by atoms with van der Waals surface area (Å²) in [4.78, 5) is 13.5. The van der Waals surface area contributed by atoms with E-state index in [1.165, 1.54) is 5.56 Å². The SMILES string of the molecule is O=C(Nc1ccccc1Cc1ccccc1)C1c2ccccc2Oc2ccccc21. The Kier molecular flexibility index (Phi) is 4.78. The van der Waals surface area contributed by atoms with Crippen molar-refractivity contribution < 1.29 is 9.53 Å². The van der Waals surface area contributed by atoms with E-state index in [4.69, 9.17) is 4.74 Å². The highest BCUT2D eigenvalue weighted by Crippen LogP contribution is 2.44. The lowest BCUT2D eigenvalue weighted by Gasteiger charge is -2.27. The van der Waals surface area contributed by atoms with E-state index in [1.54, 1.807) is 0 Å². The molecule has 146 valence electrons. The second-order valence-electron chi connectivity index (χ2n) is 7.42. The Morgan fingerprint density at radius 2 is 1.27 bits per heavy atom. The fourth-order valence-electron chi connectivity index (χ4n) is 4.01. The van der Waals surface area contributed by atoms with Crippen molar-refractivity contribution in [3.8, 4) is 11.5 Å². The number of carbonyl (C=O) groups is 1. The van der Waals surface area contributed by atoms with Gasteiger partial charge >= 0.3 is 0 Å².